The molecule has 0 saturated heterocycles. The molecule has 0 aliphatic rings. The minimum absolute atomic E-state index is 0.179. The zero-order valence-electron chi connectivity index (χ0n) is 10.5. The average molecular weight is 273 g/mol. The maximum atomic E-state index is 5.84. The summed E-state index contributed by atoms with van der Waals surface area (Å²) in [5.41, 5.74) is 2.35. The molecule has 0 fully saturated rings. The van der Waals surface area contributed by atoms with Crippen LogP contribution in [0.4, 0.5) is 0 Å². The van der Waals surface area contributed by atoms with E-state index in [4.69, 9.17) is 35.1 Å². The smallest absolute Gasteiger partial charge is 0.222 e. The fourth-order valence-electron chi connectivity index (χ4n) is 2.19. The predicted molar refractivity (Wildman–Crippen MR) is 83.2 cm³/mol. The number of fused-ring (bicyclic) bond motifs is 1. The van der Waals surface area contributed by atoms with Gasteiger partial charge in [0.05, 0.1) is 29.2 Å². The van der Waals surface area contributed by atoms with Crippen molar-refractivity contribution >= 4 is 46.0 Å². The first-order valence-electron chi connectivity index (χ1n) is 5.93. The molecule has 6 radical (unpaired) electrons. The Bertz CT molecular complexity index is 780. The number of hydrogen-bond acceptors (Lipinski definition) is 2. The van der Waals surface area contributed by atoms with Gasteiger partial charge in [-0.3, -0.25) is 0 Å². The molecule has 0 N–H and O–H groups in total. The molecule has 0 aliphatic carbocycles. The Labute approximate surface area is 125 Å². The topological polar surface area (TPSA) is 30.7 Å². The molecular formula is C13H7B3ClN3. The van der Waals surface area contributed by atoms with Crippen LogP contribution in [0, 0.1) is 0 Å². The van der Waals surface area contributed by atoms with Gasteiger partial charge in [-0.1, -0.05) is 23.4 Å². The van der Waals surface area contributed by atoms with Crippen molar-refractivity contribution in [2.75, 3.05) is 0 Å². The average Bonchev–Trinajstić information content (AvgIpc) is 2.78. The second-order valence-corrected chi connectivity index (χ2v) is 4.87. The molecule has 0 saturated carbocycles. The van der Waals surface area contributed by atoms with Crippen LogP contribution in [0.2, 0.25) is 5.28 Å². The fourth-order valence-corrected chi connectivity index (χ4v) is 2.34. The van der Waals surface area contributed by atoms with Gasteiger partial charge in [-0.25, -0.2) is 9.97 Å². The molecule has 20 heavy (non-hydrogen) atoms. The van der Waals surface area contributed by atoms with E-state index in [1.165, 1.54) is 0 Å². The molecule has 0 spiro atoms. The highest BCUT2D eigenvalue weighted by Crippen LogP contribution is 2.31. The van der Waals surface area contributed by atoms with Crippen LogP contribution < -0.4 is 0 Å². The molecule has 90 valence electrons. The minimum Gasteiger partial charge on any atom is -0.367 e. The highest BCUT2D eigenvalue weighted by Gasteiger charge is 2.18. The quantitative estimate of drug-likeness (QED) is 0.526. The van der Waals surface area contributed by atoms with Gasteiger partial charge in [-0.2, -0.15) is 0 Å². The Kier molecular flexibility index (Phi) is 3.13. The second kappa shape index (κ2) is 4.71. The lowest BCUT2D eigenvalue weighted by molar-refractivity contribution is 0.824. The van der Waals surface area contributed by atoms with E-state index >= 15 is 0 Å². The third-order valence-electron chi connectivity index (χ3n) is 3.03. The van der Waals surface area contributed by atoms with Crippen LogP contribution in [0.5, 0.6) is 0 Å². The molecule has 2 aromatic heterocycles. The largest absolute Gasteiger partial charge is 0.367 e. The van der Waals surface area contributed by atoms with Crippen molar-refractivity contribution in [3.63, 3.8) is 0 Å². The molecule has 3 nitrogen and oxygen atoms in total. The minimum atomic E-state index is -1.49. The third kappa shape index (κ3) is 2.24. The van der Waals surface area contributed by atoms with Crippen LogP contribution in [-0.2, 0) is 5.24 Å². The Morgan fingerprint density at radius 1 is 1.10 bits per heavy atom. The molecule has 0 aliphatic heterocycles. The first-order valence-corrected chi connectivity index (χ1v) is 6.31. The normalized spacial score (nSPS) is 11.8. The lowest BCUT2D eigenvalue weighted by Crippen LogP contribution is -2.34. The van der Waals surface area contributed by atoms with Gasteiger partial charge in [0.1, 0.15) is 0 Å². The summed E-state index contributed by atoms with van der Waals surface area (Å²) in [5.74, 6) is 0. The van der Waals surface area contributed by atoms with E-state index in [1.54, 1.807) is 23.0 Å². The van der Waals surface area contributed by atoms with Crippen LogP contribution in [0.1, 0.15) is 0 Å². The summed E-state index contributed by atoms with van der Waals surface area (Å²) in [4.78, 5) is 8.08. The molecule has 0 amide bonds. The van der Waals surface area contributed by atoms with Crippen molar-refractivity contribution in [1.82, 2.24) is 14.5 Å². The van der Waals surface area contributed by atoms with E-state index < -0.39 is 5.24 Å². The highest BCUT2D eigenvalue weighted by molar-refractivity contribution is 6.56. The van der Waals surface area contributed by atoms with Gasteiger partial charge in [-0.05, 0) is 23.7 Å². The van der Waals surface area contributed by atoms with Crippen molar-refractivity contribution < 1.29 is 0 Å². The Hall–Kier alpha value is -1.68. The highest BCUT2D eigenvalue weighted by atomic mass is 35.5. The molecule has 0 unspecified atom stereocenters. The van der Waals surface area contributed by atoms with Crippen LogP contribution >= 0.6 is 11.6 Å². The van der Waals surface area contributed by atoms with E-state index in [1.807, 2.05) is 24.3 Å². The number of para-hydroxylation sites is 1. The standard InChI is InChI=1S/C13H7B3ClN3/c14-13(15,16)20-7-9(8-3-1-2-4-11(8)20)10-5-6-18-12(17)19-10/h1-7H. The summed E-state index contributed by atoms with van der Waals surface area (Å²) >= 11 is 5.84. The number of aromatic nitrogens is 3. The number of rotatable bonds is 2. The number of hydrogen-bond donors (Lipinski definition) is 0. The number of halogens is 1. The third-order valence-corrected chi connectivity index (χ3v) is 3.21. The Balaban J connectivity index is 2.32. The SMILES string of the molecule is [B]C([B])([B])n1cc(-c2ccnc(Cl)n2)c2ccccc21. The summed E-state index contributed by atoms with van der Waals surface area (Å²) in [7, 11) is 17.4. The van der Waals surface area contributed by atoms with Gasteiger partial charge in [0, 0.05) is 28.9 Å². The molecule has 3 rings (SSSR count). The van der Waals surface area contributed by atoms with Crippen molar-refractivity contribution in [1.29, 1.82) is 0 Å². The number of nitrogens with zero attached hydrogens (tertiary/aromatic N) is 3. The zero-order chi connectivity index (χ0) is 14.3. The van der Waals surface area contributed by atoms with Crippen molar-refractivity contribution in [2.45, 2.75) is 5.24 Å². The Morgan fingerprint density at radius 2 is 1.85 bits per heavy atom. The van der Waals surface area contributed by atoms with Crippen LogP contribution in [0.3, 0.4) is 0 Å². The van der Waals surface area contributed by atoms with Gasteiger partial charge in [-0.15, -0.1) is 0 Å². The lowest BCUT2D eigenvalue weighted by atomic mass is 9.49. The lowest BCUT2D eigenvalue weighted by Gasteiger charge is -2.24. The van der Waals surface area contributed by atoms with E-state index in [0.717, 1.165) is 16.5 Å². The van der Waals surface area contributed by atoms with Crippen LogP contribution in [-0.4, -0.2) is 38.1 Å². The zero-order valence-corrected chi connectivity index (χ0v) is 11.2. The van der Waals surface area contributed by atoms with E-state index in [-0.39, 0.29) is 5.28 Å². The first-order chi connectivity index (χ1) is 9.47. The van der Waals surface area contributed by atoms with Gasteiger partial charge in [0.2, 0.25) is 5.28 Å². The van der Waals surface area contributed by atoms with Crippen molar-refractivity contribution in [3.05, 3.63) is 48.0 Å². The second-order valence-electron chi connectivity index (χ2n) is 4.53. The molecule has 3 aromatic rings. The van der Waals surface area contributed by atoms with Crippen LogP contribution in [0.25, 0.3) is 22.2 Å². The van der Waals surface area contributed by atoms with E-state index in [2.05, 4.69) is 9.97 Å². The van der Waals surface area contributed by atoms with E-state index in [0.29, 0.717) is 5.69 Å². The van der Waals surface area contributed by atoms with Crippen LogP contribution in [0.15, 0.2) is 42.7 Å². The van der Waals surface area contributed by atoms with Gasteiger partial charge < -0.3 is 4.57 Å². The molecule has 7 heteroatoms. The van der Waals surface area contributed by atoms with Crippen molar-refractivity contribution in [3.8, 4) is 11.3 Å². The molecule has 0 bridgehead atoms. The maximum Gasteiger partial charge on any atom is 0.222 e. The first kappa shape index (κ1) is 13.3. The summed E-state index contributed by atoms with van der Waals surface area (Å²) in [6.45, 7) is 0. The summed E-state index contributed by atoms with van der Waals surface area (Å²) < 4.78 is 1.60. The van der Waals surface area contributed by atoms with Gasteiger partial charge >= 0.3 is 0 Å². The molecular weight excluding hydrogens is 266 g/mol. The van der Waals surface area contributed by atoms with Gasteiger partial charge in [0.15, 0.2) is 0 Å². The molecule has 1 aromatic carbocycles. The summed E-state index contributed by atoms with van der Waals surface area (Å²) in [6.07, 6.45) is 3.36. The molecule has 0 atom stereocenters. The van der Waals surface area contributed by atoms with E-state index in [9.17, 15) is 0 Å². The predicted octanol–water partition coefficient (Wildman–Crippen LogP) is 1.82. The summed E-state index contributed by atoms with van der Waals surface area (Å²) in [6, 6.07) is 9.42. The van der Waals surface area contributed by atoms with Gasteiger partial charge in [0.25, 0.3) is 0 Å². The number of benzene rings is 1. The summed E-state index contributed by atoms with van der Waals surface area (Å²) in [5, 5.41) is -0.374. The maximum absolute atomic E-state index is 5.84. The fraction of sp³-hybridized carbons (Fsp3) is 0.0769. The monoisotopic (exact) mass is 273 g/mol. The Morgan fingerprint density at radius 3 is 2.55 bits per heavy atom. The van der Waals surface area contributed by atoms with Crippen molar-refractivity contribution in [2.24, 2.45) is 0 Å². The molecule has 2 heterocycles.